The Morgan fingerprint density at radius 2 is 2.29 bits per heavy atom. The van der Waals surface area contributed by atoms with E-state index in [-0.39, 0.29) is 5.97 Å². The molecule has 1 heterocycles. The summed E-state index contributed by atoms with van der Waals surface area (Å²) in [5, 5.41) is 0. The topological polar surface area (TPSA) is 64.2 Å². The minimum atomic E-state index is -0.322. The van der Waals surface area contributed by atoms with Crippen molar-refractivity contribution in [1.29, 1.82) is 0 Å². The number of rotatable bonds is 4. The van der Waals surface area contributed by atoms with Crippen LogP contribution in [0.25, 0.3) is 11.0 Å². The van der Waals surface area contributed by atoms with Gasteiger partial charge in [-0.15, -0.1) is 0 Å². The quantitative estimate of drug-likeness (QED) is 0.820. The average molecular weight is 234 g/mol. The van der Waals surface area contributed by atoms with E-state index in [0.717, 1.165) is 16.9 Å². The van der Waals surface area contributed by atoms with Crippen molar-refractivity contribution in [3.8, 4) is 0 Å². The average Bonchev–Trinajstić information content (AvgIpc) is 2.71. The molecule has 0 aliphatic carbocycles. The molecule has 0 aliphatic heterocycles. The maximum Gasteiger partial charge on any atom is 0.338 e. The molecule has 0 saturated carbocycles. The SMILES string of the molecule is CCOC(=O)c1ccc2nc(COC)[nH]c2c1. The summed E-state index contributed by atoms with van der Waals surface area (Å²) >= 11 is 0. The van der Waals surface area contributed by atoms with Gasteiger partial charge in [-0.1, -0.05) is 0 Å². The maximum absolute atomic E-state index is 11.5. The first kappa shape index (κ1) is 11.6. The zero-order valence-corrected chi connectivity index (χ0v) is 9.82. The Labute approximate surface area is 98.8 Å². The number of H-pyrrole nitrogens is 1. The summed E-state index contributed by atoms with van der Waals surface area (Å²) in [6, 6.07) is 5.23. The molecule has 2 rings (SSSR count). The highest BCUT2D eigenvalue weighted by Crippen LogP contribution is 2.15. The second-order valence-corrected chi connectivity index (χ2v) is 3.57. The number of fused-ring (bicyclic) bond motifs is 1. The van der Waals surface area contributed by atoms with E-state index >= 15 is 0 Å². The van der Waals surface area contributed by atoms with E-state index in [1.54, 1.807) is 32.2 Å². The summed E-state index contributed by atoms with van der Waals surface area (Å²) in [6.07, 6.45) is 0. The molecule has 90 valence electrons. The Morgan fingerprint density at radius 1 is 1.47 bits per heavy atom. The number of carbonyl (C=O) groups excluding carboxylic acids is 1. The number of hydrogen-bond acceptors (Lipinski definition) is 4. The Hall–Kier alpha value is -1.88. The lowest BCUT2D eigenvalue weighted by Crippen LogP contribution is -2.04. The van der Waals surface area contributed by atoms with Crippen LogP contribution in [0.4, 0.5) is 0 Å². The Balaban J connectivity index is 2.33. The molecule has 0 amide bonds. The number of aromatic nitrogens is 2. The summed E-state index contributed by atoms with van der Waals surface area (Å²) in [5.41, 5.74) is 2.14. The van der Waals surface area contributed by atoms with Crippen molar-refractivity contribution < 1.29 is 14.3 Å². The molecule has 0 aliphatic rings. The molecule has 1 N–H and O–H groups in total. The van der Waals surface area contributed by atoms with Gasteiger partial charge in [0.2, 0.25) is 0 Å². The van der Waals surface area contributed by atoms with E-state index < -0.39 is 0 Å². The van der Waals surface area contributed by atoms with Crippen LogP contribution in [-0.2, 0) is 16.1 Å². The number of carbonyl (C=O) groups is 1. The van der Waals surface area contributed by atoms with Gasteiger partial charge in [0.15, 0.2) is 0 Å². The molecule has 0 spiro atoms. The highest BCUT2D eigenvalue weighted by Gasteiger charge is 2.09. The van der Waals surface area contributed by atoms with Gasteiger partial charge in [0.05, 0.1) is 23.2 Å². The molecule has 0 radical (unpaired) electrons. The molecular formula is C12H14N2O3. The molecule has 2 aromatic rings. The van der Waals surface area contributed by atoms with Crippen LogP contribution in [-0.4, -0.2) is 29.7 Å². The smallest absolute Gasteiger partial charge is 0.338 e. The number of imidazole rings is 1. The third-order valence-corrected chi connectivity index (χ3v) is 2.32. The number of benzene rings is 1. The minimum Gasteiger partial charge on any atom is -0.462 e. The van der Waals surface area contributed by atoms with Gasteiger partial charge in [0.25, 0.3) is 0 Å². The van der Waals surface area contributed by atoms with E-state index in [9.17, 15) is 4.79 Å². The van der Waals surface area contributed by atoms with Gasteiger partial charge in [-0.2, -0.15) is 0 Å². The summed E-state index contributed by atoms with van der Waals surface area (Å²) in [7, 11) is 1.61. The summed E-state index contributed by atoms with van der Waals surface area (Å²) in [6.45, 7) is 2.57. The zero-order valence-electron chi connectivity index (χ0n) is 9.82. The molecule has 0 bridgehead atoms. The van der Waals surface area contributed by atoms with Crippen LogP contribution in [0.5, 0.6) is 0 Å². The lowest BCUT2D eigenvalue weighted by atomic mass is 10.2. The third-order valence-electron chi connectivity index (χ3n) is 2.32. The second-order valence-electron chi connectivity index (χ2n) is 3.57. The number of nitrogens with zero attached hydrogens (tertiary/aromatic N) is 1. The monoisotopic (exact) mass is 234 g/mol. The molecule has 0 saturated heterocycles. The molecule has 0 unspecified atom stereocenters. The molecule has 1 aromatic heterocycles. The van der Waals surface area contributed by atoms with Crippen LogP contribution < -0.4 is 0 Å². The summed E-state index contributed by atoms with van der Waals surface area (Å²) in [4.78, 5) is 18.9. The number of aromatic amines is 1. The number of nitrogens with one attached hydrogen (secondary N) is 1. The zero-order chi connectivity index (χ0) is 12.3. The first-order chi connectivity index (χ1) is 8.24. The van der Waals surface area contributed by atoms with Gasteiger partial charge in [0, 0.05) is 7.11 Å². The largest absolute Gasteiger partial charge is 0.462 e. The molecule has 0 fully saturated rings. The normalized spacial score (nSPS) is 10.7. The lowest BCUT2D eigenvalue weighted by molar-refractivity contribution is 0.0526. The number of ether oxygens (including phenoxy) is 2. The first-order valence-electron chi connectivity index (χ1n) is 5.39. The van der Waals surface area contributed by atoms with Crippen LogP contribution in [0.1, 0.15) is 23.1 Å². The van der Waals surface area contributed by atoms with Gasteiger partial charge in [0.1, 0.15) is 12.4 Å². The van der Waals surface area contributed by atoms with Crippen molar-refractivity contribution in [2.24, 2.45) is 0 Å². The molecular weight excluding hydrogens is 220 g/mol. The standard InChI is InChI=1S/C12H14N2O3/c1-3-17-12(15)8-4-5-9-10(6-8)14-11(13-9)7-16-2/h4-6H,3,7H2,1-2H3,(H,13,14). The second kappa shape index (κ2) is 4.97. The van der Waals surface area contributed by atoms with Crippen LogP contribution >= 0.6 is 0 Å². The van der Waals surface area contributed by atoms with Gasteiger partial charge in [-0.25, -0.2) is 9.78 Å². The Morgan fingerprint density at radius 3 is 3.00 bits per heavy atom. The highest BCUT2D eigenvalue weighted by molar-refractivity contribution is 5.93. The number of esters is 1. The Kier molecular flexibility index (Phi) is 3.39. The van der Waals surface area contributed by atoms with Crippen molar-refractivity contribution in [3.63, 3.8) is 0 Å². The summed E-state index contributed by atoms with van der Waals surface area (Å²) in [5.74, 6) is 0.417. The highest BCUT2D eigenvalue weighted by atomic mass is 16.5. The fourth-order valence-corrected chi connectivity index (χ4v) is 1.61. The summed E-state index contributed by atoms with van der Waals surface area (Å²) < 4.78 is 9.92. The fraction of sp³-hybridized carbons (Fsp3) is 0.333. The number of hydrogen-bond donors (Lipinski definition) is 1. The lowest BCUT2D eigenvalue weighted by Gasteiger charge is -2.00. The van der Waals surface area contributed by atoms with Crippen molar-refractivity contribution in [2.75, 3.05) is 13.7 Å². The fourth-order valence-electron chi connectivity index (χ4n) is 1.61. The van der Waals surface area contributed by atoms with E-state index in [2.05, 4.69) is 9.97 Å². The van der Waals surface area contributed by atoms with Crippen molar-refractivity contribution >= 4 is 17.0 Å². The maximum atomic E-state index is 11.5. The van der Waals surface area contributed by atoms with Crippen LogP contribution in [0.2, 0.25) is 0 Å². The van der Waals surface area contributed by atoms with Gasteiger partial charge >= 0.3 is 5.97 Å². The third kappa shape index (κ3) is 2.45. The van der Waals surface area contributed by atoms with E-state index in [1.165, 1.54) is 0 Å². The van der Waals surface area contributed by atoms with E-state index in [4.69, 9.17) is 9.47 Å². The number of methoxy groups -OCH3 is 1. The van der Waals surface area contributed by atoms with Gasteiger partial charge in [-0.05, 0) is 25.1 Å². The van der Waals surface area contributed by atoms with Crippen LogP contribution in [0.3, 0.4) is 0 Å². The van der Waals surface area contributed by atoms with Crippen molar-refractivity contribution in [3.05, 3.63) is 29.6 Å². The molecule has 1 aromatic carbocycles. The van der Waals surface area contributed by atoms with Crippen LogP contribution in [0, 0.1) is 0 Å². The van der Waals surface area contributed by atoms with Crippen molar-refractivity contribution in [1.82, 2.24) is 9.97 Å². The van der Waals surface area contributed by atoms with Gasteiger partial charge < -0.3 is 14.5 Å². The molecule has 0 atom stereocenters. The molecule has 5 heteroatoms. The first-order valence-corrected chi connectivity index (χ1v) is 5.39. The van der Waals surface area contributed by atoms with E-state index in [1.807, 2.05) is 0 Å². The predicted molar refractivity (Wildman–Crippen MR) is 62.8 cm³/mol. The van der Waals surface area contributed by atoms with E-state index in [0.29, 0.717) is 18.8 Å². The predicted octanol–water partition coefficient (Wildman–Crippen LogP) is 1.89. The van der Waals surface area contributed by atoms with Gasteiger partial charge in [-0.3, -0.25) is 0 Å². The molecule has 5 nitrogen and oxygen atoms in total. The Bertz CT molecular complexity index is 534. The minimum absolute atomic E-state index is 0.322. The van der Waals surface area contributed by atoms with Crippen molar-refractivity contribution in [2.45, 2.75) is 13.5 Å². The van der Waals surface area contributed by atoms with Crippen LogP contribution in [0.15, 0.2) is 18.2 Å². The molecule has 17 heavy (non-hydrogen) atoms.